The van der Waals surface area contributed by atoms with Gasteiger partial charge in [-0.05, 0) is 134 Å². The van der Waals surface area contributed by atoms with Crippen molar-refractivity contribution in [1.82, 2.24) is 0 Å². The van der Waals surface area contributed by atoms with Gasteiger partial charge in [0.1, 0.15) is 0 Å². The van der Waals surface area contributed by atoms with Crippen molar-refractivity contribution >= 4 is 81.7 Å². The summed E-state index contributed by atoms with van der Waals surface area (Å²) in [5, 5.41) is 14.6. The van der Waals surface area contributed by atoms with E-state index in [1.165, 1.54) is 120 Å². The summed E-state index contributed by atoms with van der Waals surface area (Å²) in [7, 11) is 0. The highest BCUT2D eigenvalue weighted by Crippen LogP contribution is 2.57. The lowest BCUT2D eigenvalue weighted by Crippen LogP contribution is -2.28. The minimum Gasteiger partial charge on any atom is -0.309 e. The van der Waals surface area contributed by atoms with Gasteiger partial charge in [0, 0.05) is 16.2 Å². The third kappa shape index (κ3) is 6.23. The zero-order valence-electron chi connectivity index (χ0n) is 40.6. The zero-order chi connectivity index (χ0) is 48.7. The molecule has 0 aliphatic heterocycles. The van der Waals surface area contributed by atoms with E-state index in [1.807, 2.05) is 0 Å². The molecule has 14 aromatic carbocycles. The number of nitrogens with zero attached hydrogens (tertiary/aromatic N) is 1. The van der Waals surface area contributed by atoms with Crippen LogP contribution < -0.4 is 4.90 Å². The van der Waals surface area contributed by atoms with E-state index >= 15 is 0 Å². The van der Waals surface area contributed by atoms with Crippen LogP contribution in [0, 0.1) is 0 Å². The number of rotatable bonds is 7. The van der Waals surface area contributed by atoms with Crippen LogP contribution in [0.1, 0.15) is 22.3 Å². The highest BCUT2D eigenvalue weighted by Gasteiger charge is 2.45. The first-order chi connectivity index (χ1) is 36.7. The lowest BCUT2D eigenvalue weighted by atomic mass is 9.67. The van der Waals surface area contributed by atoms with E-state index in [1.54, 1.807) is 0 Å². The second-order valence-electron chi connectivity index (χ2n) is 19.8. The predicted octanol–water partition coefficient (Wildman–Crippen LogP) is 19.8. The molecule has 0 radical (unpaired) electrons. The topological polar surface area (TPSA) is 3.24 Å². The second kappa shape index (κ2) is 16.8. The van der Waals surface area contributed by atoms with Crippen molar-refractivity contribution in [1.29, 1.82) is 0 Å². The Labute approximate surface area is 430 Å². The first-order valence-electron chi connectivity index (χ1n) is 25.7. The number of hydrogen-bond acceptors (Lipinski definition) is 1. The predicted molar refractivity (Wildman–Crippen MR) is 314 cm³/mol. The summed E-state index contributed by atoms with van der Waals surface area (Å²) in [5.41, 5.74) is 15.6. The van der Waals surface area contributed by atoms with Gasteiger partial charge < -0.3 is 4.90 Å². The standard InChI is InChI=1S/C73H47N/c1-2-26-53(27-3-1)73(66-36-16-14-31-58(66)59-32-15-17-37-67(59)73)54-42-40-50(41-43-54)71-61-34-12-13-35-62(61)72(65-47-52-23-5-4-22-51(52)46-64(65)71)63-44-45-70(60-33-11-10-30-57(60)63)74(68-38-18-24-48-20-6-8-28-55(48)68)69-39-19-25-49-21-7-9-29-56(49)69/h1-47H. The van der Waals surface area contributed by atoms with Crippen LogP contribution in [0.5, 0.6) is 0 Å². The molecule has 14 aromatic rings. The average molecular weight is 938 g/mol. The molecule has 344 valence electrons. The van der Waals surface area contributed by atoms with Crippen LogP contribution in [0.3, 0.4) is 0 Å². The van der Waals surface area contributed by atoms with Gasteiger partial charge in [0.15, 0.2) is 0 Å². The lowest BCUT2D eigenvalue weighted by molar-refractivity contribution is 0.768. The van der Waals surface area contributed by atoms with Crippen molar-refractivity contribution in [2.45, 2.75) is 5.41 Å². The van der Waals surface area contributed by atoms with Gasteiger partial charge in [-0.2, -0.15) is 0 Å². The van der Waals surface area contributed by atoms with E-state index < -0.39 is 5.41 Å². The minimum absolute atomic E-state index is 0.471. The van der Waals surface area contributed by atoms with Crippen LogP contribution in [0.2, 0.25) is 0 Å². The maximum atomic E-state index is 2.50. The molecule has 15 rings (SSSR count). The van der Waals surface area contributed by atoms with Crippen molar-refractivity contribution in [2.75, 3.05) is 4.90 Å². The summed E-state index contributed by atoms with van der Waals surface area (Å²) < 4.78 is 0. The molecule has 0 amide bonds. The monoisotopic (exact) mass is 937 g/mol. The van der Waals surface area contributed by atoms with Crippen molar-refractivity contribution < 1.29 is 0 Å². The molecule has 0 saturated heterocycles. The van der Waals surface area contributed by atoms with Crippen molar-refractivity contribution in [3.63, 3.8) is 0 Å². The van der Waals surface area contributed by atoms with Gasteiger partial charge in [-0.25, -0.2) is 0 Å². The maximum absolute atomic E-state index is 2.50. The zero-order valence-corrected chi connectivity index (χ0v) is 40.6. The molecular weight excluding hydrogens is 891 g/mol. The number of benzene rings is 14. The summed E-state index contributed by atoms with van der Waals surface area (Å²) in [6.45, 7) is 0. The summed E-state index contributed by atoms with van der Waals surface area (Å²) in [6.07, 6.45) is 0. The van der Waals surface area contributed by atoms with E-state index in [-0.39, 0.29) is 0 Å². The fraction of sp³-hybridized carbons (Fsp3) is 0.0137. The first kappa shape index (κ1) is 42.2. The van der Waals surface area contributed by atoms with Gasteiger partial charge in [0.25, 0.3) is 0 Å². The summed E-state index contributed by atoms with van der Waals surface area (Å²) in [5.74, 6) is 0. The Balaban J connectivity index is 0.976. The average Bonchev–Trinajstić information content (AvgIpc) is 3.81. The molecule has 1 heteroatoms. The summed E-state index contributed by atoms with van der Waals surface area (Å²) in [4.78, 5) is 2.50. The van der Waals surface area contributed by atoms with E-state index in [4.69, 9.17) is 0 Å². The largest absolute Gasteiger partial charge is 0.309 e. The molecule has 0 aromatic heterocycles. The summed E-state index contributed by atoms with van der Waals surface area (Å²) in [6, 6.07) is 106. The summed E-state index contributed by atoms with van der Waals surface area (Å²) >= 11 is 0. The fourth-order valence-electron chi connectivity index (χ4n) is 13.0. The Kier molecular flexibility index (Phi) is 9.55. The number of fused-ring (bicyclic) bond motifs is 9. The van der Waals surface area contributed by atoms with Crippen LogP contribution in [0.15, 0.2) is 285 Å². The minimum atomic E-state index is -0.471. The maximum Gasteiger partial charge on any atom is 0.0713 e. The van der Waals surface area contributed by atoms with E-state index in [2.05, 4.69) is 290 Å². The second-order valence-corrected chi connectivity index (χ2v) is 19.8. The molecular formula is C73H47N. The Hall–Kier alpha value is -9.56. The Morgan fingerprint density at radius 2 is 0.649 bits per heavy atom. The Morgan fingerprint density at radius 1 is 0.230 bits per heavy atom. The third-order valence-electron chi connectivity index (χ3n) is 16.1. The molecule has 0 bridgehead atoms. The quantitative estimate of drug-likeness (QED) is 0.144. The highest BCUT2D eigenvalue weighted by molar-refractivity contribution is 6.26. The normalized spacial score (nSPS) is 12.7. The molecule has 0 spiro atoms. The van der Waals surface area contributed by atoms with Crippen LogP contribution in [0.25, 0.3) is 98.0 Å². The molecule has 0 heterocycles. The van der Waals surface area contributed by atoms with Gasteiger partial charge in [-0.15, -0.1) is 0 Å². The lowest BCUT2D eigenvalue weighted by Gasteiger charge is -2.34. The molecule has 0 N–H and O–H groups in total. The Morgan fingerprint density at radius 3 is 1.24 bits per heavy atom. The third-order valence-corrected chi connectivity index (χ3v) is 16.1. The number of hydrogen-bond donors (Lipinski definition) is 0. The van der Waals surface area contributed by atoms with Crippen molar-refractivity contribution in [3.8, 4) is 33.4 Å². The number of anilines is 3. The molecule has 0 fully saturated rings. The molecule has 1 aliphatic rings. The highest BCUT2D eigenvalue weighted by atomic mass is 15.1. The molecule has 0 unspecified atom stereocenters. The molecule has 74 heavy (non-hydrogen) atoms. The van der Waals surface area contributed by atoms with Crippen LogP contribution in [-0.4, -0.2) is 0 Å². The van der Waals surface area contributed by atoms with E-state index in [0.717, 1.165) is 17.1 Å². The first-order valence-corrected chi connectivity index (χ1v) is 25.7. The fourth-order valence-corrected chi connectivity index (χ4v) is 13.0. The smallest absolute Gasteiger partial charge is 0.0713 e. The van der Waals surface area contributed by atoms with E-state index in [0.29, 0.717) is 0 Å². The van der Waals surface area contributed by atoms with Gasteiger partial charge in [0.2, 0.25) is 0 Å². The molecule has 0 saturated carbocycles. The van der Waals surface area contributed by atoms with Gasteiger partial charge >= 0.3 is 0 Å². The van der Waals surface area contributed by atoms with Crippen LogP contribution >= 0.6 is 0 Å². The molecule has 0 atom stereocenters. The van der Waals surface area contributed by atoms with Crippen molar-refractivity contribution in [2.24, 2.45) is 0 Å². The molecule has 1 aliphatic carbocycles. The SMILES string of the molecule is c1ccc(C2(c3ccc(-c4c5ccccc5c(-c5ccc(N(c6cccc7ccccc67)c6cccc7ccccc67)c6ccccc56)c5cc6ccccc6cc45)cc3)c3ccccc3-c3ccccc32)cc1. The van der Waals surface area contributed by atoms with Gasteiger partial charge in [-0.3, -0.25) is 0 Å². The van der Waals surface area contributed by atoms with E-state index in [9.17, 15) is 0 Å². The van der Waals surface area contributed by atoms with Gasteiger partial charge in [-0.1, -0.05) is 255 Å². The van der Waals surface area contributed by atoms with Crippen LogP contribution in [-0.2, 0) is 5.41 Å². The van der Waals surface area contributed by atoms with Gasteiger partial charge in [0.05, 0.1) is 22.5 Å². The van der Waals surface area contributed by atoms with Crippen LogP contribution in [0.4, 0.5) is 17.1 Å². The van der Waals surface area contributed by atoms with Crippen molar-refractivity contribution in [3.05, 3.63) is 307 Å². The Bertz CT molecular complexity index is 4410. The molecule has 1 nitrogen and oxygen atoms in total.